The van der Waals surface area contributed by atoms with Crippen LogP contribution in [0.2, 0.25) is 5.02 Å². The predicted molar refractivity (Wildman–Crippen MR) is 96.0 cm³/mol. The number of carbonyl (C=O) groups excluding carboxylic acids is 1. The molecule has 1 amide bonds. The number of amides is 1. The van der Waals surface area contributed by atoms with Gasteiger partial charge in [0.25, 0.3) is 5.91 Å². The summed E-state index contributed by atoms with van der Waals surface area (Å²) in [4.78, 5) is 24.4. The minimum atomic E-state index is -1.53. The standard InChI is InChI=1S/C18H21ClN2O4/c1-11(10-18(2,25-4)17(23)24)21(20-3)16(22)15-13(12-8-9-12)6-5-7-14(15)19/h5-7,12H,1,3,8-10H2,2,4H3,(H,23,24). The first kappa shape index (κ1) is 19.1. The number of benzene rings is 1. The smallest absolute Gasteiger partial charge is 0.336 e. The number of ether oxygens (including phenoxy) is 1. The minimum absolute atomic E-state index is 0.132. The summed E-state index contributed by atoms with van der Waals surface area (Å²) in [7, 11) is 1.29. The molecule has 1 aromatic rings. The van der Waals surface area contributed by atoms with Gasteiger partial charge in [-0.25, -0.2) is 9.80 Å². The lowest BCUT2D eigenvalue weighted by molar-refractivity contribution is -0.160. The normalized spacial score (nSPS) is 16.0. The lowest BCUT2D eigenvalue weighted by Gasteiger charge is -2.28. The van der Waals surface area contributed by atoms with Gasteiger partial charge in [-0.05, 0) is 37.3 Å². The molecule has 25 heavy (non-hydrogen) atoms. The van der Waals surface area contributed by atoms with Crippen LogP contribution in [0.3, 0.4) is 0 Å². The summed E-state index contributed by atoms with van der Waals surface area (Å²) >= 11 is 6.25. The molecule has 0 spiro atoms. The predicted octanol–water partition coefficient (Wildman–Crippen LogP) is 3.67. The van der Waals surface area contributed by atoms with Gasteiger partial charge in [-0.1, -0.05) is 30.3 Å². The van der Waals surface area contributed by atoms with E-state index in [1.165, 1.54) is 14.0 Å². The van der Waals surface area contributed by atoms with Crippen LogP contribution in [0.25, 0.3) is 0 Å². The first-order valence-corrected chi connectivity index (χ1v) is 8.18. The molecule has 1 atom stereocenters. The zero-order valence-electron chi connectivity index (χ0n) is 14.3. The molecule has 1 aliphatic carbocycles. The van der Waals surface area contributed by atoms with Crippen LogP contribution in [-0.2, 0) is 9.53 Å². The molecule has 7 heteroatoms. The average molecular weight is 365 g/mol. The summed E-state index contributed by atoms with van der Waals surface area (Å²) in [5, 5.41) is 14.4. The van der Waals surface area contributed by atoms with E-state index in [1.54, 1.807) is 12.1 Å². The number of rotatable bonds is 8. The lowest BCUT2D eigenvalue weighted by Crippen LogP contribution is -2.40. The lowest BCUT2D eigenvalue weighted by atomic mass is 9.99. The number of methoxy groups -OCH3 is 1. The van der Waals surface area contributed by atoms with Crippen LogP contribution < -0.4 is 0 Å². The molecular formula is C18H21ClN2O4. The maximum Gasteiger partial charge on any atom is 0.336 e. The molecule has 1 unspecified atom stereocenters. The maximum absolute atomic E-state index is 13.0. The average Bonchev–Trinajstić information content (AvgIpc) is 3.39. The molecule has 0 bridgehead atoms. The molecule has 0 saturated heterocycles. The molecule has 0 aromatic heterocycles. The van der Waals surface area contributed by atoms with E-state index in [4.69, 9.17) is 16.3 Å². The number of carboxylic acid groups (broad SMARTS) is 1. The number of hydrazone groups is 1. The highest BCUT2D eigenvalue weighted by Gasteiger charge is 2.37. The summed E-state index contributed by atoms with van der Waals surface area (Å²) < 4.78 is 5.06. The highest BCUT2D eigenvalue weighted by Crippen LogP contribution is 2.43. The van der Waals surface area contributed by atoms with Gasteiger partial charge in [-0.2, -0.15) is 5.10 Å². The van der Waals surface area contributed by atoms with Crippen LogP contribution in [0.1, 0.15) is 48.0 Å². The molecule has 0 heterocycles. The van der Waals surface area contributed by atoms with Crippen molar-refractivity contribution in [2.24, 2.45) is 5.10 Å². The van der Waals surface area contributed by atoms with Gasteiger partial charge >= 0.3 is 5.97 Å². The van der Waals surface area contributed by atoms with Crippen molar-refractivity contribution in [3.8, 4) is 0 Å². The van der Waals surface area contributed by atoms with Gasteiger partial charge in [0.05, 0.1) is 10.6 Å². The summed E-state index contributed by atoms with van der Waals surface area (Å²) in [6, 6.07) is 5.32. The summed E-state index contributed by atoms with van der Waals surface area (Å²) in [5.41, 5.74) is -0.144. The first-order chi connectivity index (χ1) is 11.7. The van der Waals surface area contributed by atoms with Crippen LogP contribution in [0.5, 0.6) is 0 Å². The zero-order valence-corrected chi connectivity index (χ0v) is 15.0. The molecule has 2 rings (SSSR count). The molecule has 1 aliphatic rings. The van der Waals surface area contributed by atoms with Crippen LogP contribution >= 0.6 is 11.6 Å². The van der Waals surface area contributed by atoms with E-state index in [-0.39, 0.29) is 12.1 Å². The third kappa shape index (κ3) is 3.91. The number of carboxylic acids is 1. The van der Waals surface area contributed by atoms with Crippen LogP contribution in [0.15, 0.2) is 35.6 Å². The van der Waals surface area contributed by atoms with Gasteiger partial charge in [0.1, 0.15) is 0 Å². The van der Waals surface area contributed by atoms with Crippen molar-refractivity contribution in [1.29, 1.82) is 0 Å². The van der Waals surface area contributed by atoms with Gasteiger partial charge in [-0.15, -0.1) is 0 Å². The topological polar surface area (TPSA) is 79.2 Å². The van der Waals surface area contributed by atoms with Gasteiger partial charge in [0.2, 0.25) is 0 Å². The Morgan fingerprint density at radius 3 is 2.60 bits per heavy atom. The molecule has 0 radical (unpaired) electrons. The number of aliphatic carboxylic acids is 1. The Morgan fingerprint density at radius 1 is 1.48 bits per heavy atom. The fourth-order valence-electron chi connectivity index (χ4n) is 2.61. The number of carbonyl (C=O) groups is 2. The quantitative estimate of drug-likeness (QED) is 0.563. The molecule has 0 aliphatic heterocycles. The third-order valence-corrected chi connectivity index (χ3v) is 4.67. The van der Waals surface area contributed by atoms with Gasteiger partial charge in [0, 0.05) is 25.9 Å². The number of halogens is 1. The highest BCUT2D eigenvalue weighted by atomic mass is 35.5. The molecule has 134 valence electrons. The van der Waals surface area contributed by atoms with Gasteiger partial charge < -0.3 is 9.84 Å². The van der Waals surface area contributed by atoms with E-state index in [2.05, 4.69) is 18.4 Å². The Morgan fingerprint density at radius 2 is 2.12 bits per heavy atom. The van der Waals surface area contributed by atoms with Crippen molar-refractivity contribution in [3.63, 3.8) is 0 Å². The van der Waals surface area contributed by atoms with Crippen molar-refractivity contribution in [1.82, 2.24) is 5.01 Å². The Kier molecular flexibility index (Phi) is 5.65. The number of hydrogen-bond acceptors (Lipinski definition) is 4. The zero-order chi connectivity index (χ0) is 18.8. The molecule has 1 N–H and O–H groups in total. The SMILES string of the molecule is C=NN(C(=C)CC(C)(OC)C(=O)O)C(=O)c1c(Cl)cccc1C1CC1. The second-order valence-corrected chi connectivity index (χ2v) is 6.63. The third-order valence-electron chi connectivity index (χ3n) is 4.35. The van der Waals surface area contributed by atoms with E-state index in [1.807, 2.05) is 6.07 Å². The van der Waals surface area contributed by atoms with Crippen LogP contribution in [0, 0.1) is 0 Å². The molecule has 1 aromatic carbocycles. The molecular weight excluding hydrogens is 344 g/mol. The summed E-state index contributed by atoms with van der Waals surface area (Å²) in [6.07, 6.45) is 1.88. The molecule has 1 fully saturated rings. The Labute approximate surface area is 151 Å². The second kappa shape index (κ2) is 7.37. The molecule has 1 saturated carbocycles. The van der Waals surface area contributed by atoms with E-state index in [9.17, 15) is 14.7 Å². The van der Waals surface area contributed by atoms with Crippen molar-refractivity contribution in [2.75, 3.05) is 7.11 Å². The van der Waals surface area contributed by atoms with Crippen molar-refractivity contribution >= 4 is 30.2 Å². The highest BCUT2D eigenvalue weighted by molar-refractivity contribution is 6.34. The fraction of sp³-hybridized carbons (Fsp3) is 0.389. The first-order valence-electron chi connectivity index (χ1n) is 7.81. The van der Waals surface area contributed by atoms with E-state index in [0.717, 1.165) is 23.4 Å². The van der Waals surface area contributed by atoms with E-state index >= 15 is 0 Å². The molecule has 6 nitrogen and oxygen atoms in total. The minimum Gasteiger partial charge on any atom is -0.479 e. The number of hydrogen-bond donors (Lipinski definition) is 1. The van der Waals surface area contributed by atoms with Gasteiger partial charge in [-0.3, -0.25) is 4.79 Å². The Hall–Kier alpha value is -2.18. The Bertz CT molecular complexity index is 730. The van der Waals surface area contributed by atoms with Crippen molar-refractivity contribution < 1.29 is 19.4 Å². The second-order valence-electron chi connectivity index (χ2n) is 6.22. The monoisotopic (exact) mass is 364 g/mol. The van der Waals surface area contributed by atoms with E-state index in [0.29, 0.717) is 16.5 Å². The number of nitrogens with zero attached hydrogens (tertiary/aromatic N) is 2. The fourth-order valence-corrected chi connectivity index (χ4v) is 2.88. The summed E-state index contributed by atoms with van der Waals surface area (Å²) in [6.45, 7) is 8.60. The van der Waals surface area contributed by atoms with Crippen molar-refractivity contribution in [3.05, 3.63) is 46.6 Å². The summed E-state index contributed by atoms with van der Waals surface area (Å²) in [5.74, 6) is -1.33. The van der Waals surface area contributed by atoms with E-state index < -0.39 is 17.5 Å². The Balaban J connectivity index is 2.32. The van der Waals surface area contributed by atoms with Crippen LogP contribution in [-0.4, -0.2) is 41.4 Å². The van der Waals surface area contributed by atoms with Gasteiger partial charge in [0.15, 0.2) is 5.60 Å². The maximum atomic E-state index is 13.0. The van der Waals surface area contributed by atoms with Crippen molar-refractivity contribution in [2.45, 2.75) is 37.7 Å². The largest absolute Gasteiger partial charge is 0.479 e. The van der Waals surface area contributed by atoms with Crippen LogP contribution in [0.4, 0.5) is 0 Å².